The Morgan fingerprint density at radius 3 is 2.68 bits per heavy atom. The number of aliphatic carboxylic acids is 1. The first kappa shape index (κ1) is 17.1. The van der Waals surface area contributed by atoms with Gasteiger partial charge in [-0.05, 0) is 19.1 Å². The summed E-state index contributed by atoms with van der Waals surface area (Å²) in [5, 5.41) is 15.2. The largest absolute Gasteiger partial charge is 0.480 e. The SMILES string of the molecule is Cc1ncsc1CN(C)C(=O)C1=NN(c2ccccc2)C(C(=O)O)C1. The number of benzene rings is 1. The van der Waals surface area contributed by atoms with Gasteiger partial charge in [0.05, 0.1) is 23.4 Å². The monoisotopic (exact) mass is 358 g/mol. The Bertz CT molecular complexity index is 818. The summed E-state index contributed by atoms with van der Waals surface area (Å²) in [4.78, 5) is 31.0. The van der Waals surface area contributed by atoms with Crippen molar-refractivity contribution in [2.45, 2.75) is 25.9 Å². The standard InChI is InChI=1S/C17H18N4O3S/c1-11-15(25-10-18-11)9-20(2)16(22)13-8-14(17(23)24)21(19-13)12-6-4-3-5-7-12/h3-7,10,14H,8-9H2,1-2H3,(H,23,24). The zero-order valence-electron chi connectivity index (χ0n) is 13.9. The number of hydrogen-bond donors (Lipinski definition) is 1. The van der Waals surface area contributed by atoms with Crippen LogP contribution < -0.4 is 5.01 Å². The smallest absolute Gasteiger partial charge is 0.328 e. The molecule has 0 fully saturated rings. The second-order valence-electron chi connectivity index (χ2n) is 5.81. The van der Waals surface area contributed by atoms with E-state index < -0.39 is 12.0 Å². The lowest BCUT2D eigenvalue weighted by atomic mass is 10.1. The lowest BCUT2D eigenvalue weighted by Gasteiger charge is -2.19. The molecule has 0 aliphatic carbocycles. The highest BCUT2D eigenvalue weighted by Crippen LogP contribution is 2.25. The second-order valence-corrected chi connectivity index (χ2v) is 6.75. The van der Waals surface area contributed by atoms with Gasteiger partial charge in [-0.25, -0.2) is 9.78 Å². The van der Waals surface area contributed by atoms with Gasteiger partial charge in [0.2, 0.25) is 0 Å². The Morgan fingerprint density at radius 2 is 2.08 bits per heavy atom. The van der Waals surface area contributed by atoms with Crippen molar-refractivity contribution in [1.82, 2.24) is 9.88 Å². The number of anilines is 1. The van der Waals surface area contributed by atoms with Gasteiger partial charge in [0.15, 0.2) is 6.04 Å². The number of hydrazone groups is 1. The number of rotatable bonds is 5. The number of carbonyl (C=O) groups is 2. The van der Waals surface area contributed by atoms with Gasteiger partial charge in [-0.2, -0.15) is 5.10 Å². The average molecular weight is 358 g/mol. The molecule has 1 aromatic heterocycles. The van der Waals surface area contributed by atoms with Gasteiger partial charge in [0.1, 0.15) is 5.71 Å². The molecule has 130 valence electrons. The van der Waals surface area contributed by atoms with Gasteiger partial charge in [-0.1, -0.05) is 18.2 Å². The maximum atomic E-state index is 12.7. The third-order valence-corrected chi connectivity index (χ3v) is 4.96. The first-order valence-corrected chi connectivity index (χ1v) is 8.64. The number of carboxylic acids is 1. The molecule has 0 bridgehead atoms. The van der Waals surface area contributed by atoms with E-state index >= 15 is 0 Å². The molecule has 1 atom stereocenters. The average Bonchev–Trinajstić information content (AvgIpc) is 3.22. The number of carboxylic acid groups (broad SMARTS) is 1. The lowest BCUT2D eigenvalue weighted by molar-refractivity contribution is -0.138. The zero-order valence-corrected chi connectivity index (χ0v) is 14.7. The van der Waals surface area contributed by atoms with Crippen molar-refractivity contribution >= 4 is 34.6 Å². The maximum Gasteiger partial charge on any atom is 0.328 e. The van der Waals surface area contributed by atoms with Gasteiger partial charge in [-0.15, -0.1) is 11.3 Å². The van der Waals surface area contributed by atoms with E-state index in [0.29, 0.717) is 12.2 Å². The molecule has 25 heavy (non-hydrogen) atoms. The van der Waals surface area contributed by atoms with Crippen molar-refractivity contribution in [2.75, 3.05) is 12.1 Å². The molecule has 0 saturated heterocycles. The van der Waals surface area contributed by atoms with E-state index in [9.17, 15) is 14.7 Å². The summed E-state index contributed by atoms with van der Waals surface area (Å²) in [7, 11) is 1.69. The summed E-state index contributed by atoms with van der Waals surface area (Å²) in [6.07, 6.45) is 0.0784. The minimum atomic E-state index is -1.00. The number of hydrogen-bond acceptors (Lipinski definition) is 6. The topological polar surface area (TPSA) is 86.1 Å². The Hall–Kier alpha value is -2.74. The van der Waals surface area contributed by atoms with Gasteiger partial charge in [0, 0.05) is 18.3 Å². The van der Waals surface area contributed by atoms with Crippen LogP contribution in [-0.4, -0.2) is 45.7 Å². The van der Waals surface area contributed by atoms with Crippen molar-refractivity contribution in [2.24, 2.45) is 5.10 Å². The molecule has 8 heteroatoms. The summed E-state index contributed by atoms with van der Waals surface area (Å²) >= 11 is 1.49. The summed E-state index contributed by atoms with van der Waals surface area (Å²) in [6.45, 7) is 2.33. The van der Waals surface area contributed by atoms with Crippen molar-refractivity contribution in [3.8, 4) is 0 Å². The van der Waals surface area contributed by atoms with E-state index in [1.54, 1.807) is 29.6 Å². The number of aryl methyl sites for hydroxylation is 1. The second kappa shape index (κ2) is 7.02. The van der Waals surface area contributed by atoms with Gasteiger partial charge >= 0.3 is 5.97 Å². The highest BCUT2D eigenvalue weighted by Gasteiger charge is 2.37. The summed E-state index contributed by atoms with van der Waals surface area (Å²) < 4.78 is 0. The van der Waals surface area contributed by atoms with Crippen LogP contribution in [0.4, 0.5) is 5.69 Å². The van der Waals surface area contributed by atoms with E-state index in [1.807, 2.05) is 25.1 Å². The fourth-order valence-corrected chi connectivity index (χ4v) is 3.47. The molecule has 1 amide bonds. The Morgan fingerprint density at radius 1 is 1.36 bits per heavy atom. The van der Waals surface area contributed by atoms with E-state index in [-0.39, 0.29) is 18.0 Å². The third kappa shape index (κ3) is 3.53. The number of aromatic nitrogens is 1. The number of thiazole rings is 1. The quantitative estimate of drug-likeness (QED) is 0.885. The fraction of sp³-hybridized carbons (Fsp3) is 0.294. The number of carbonyl (C=O) groups excluding carboxylic acids is 1. The molecule has 1 aliphatic rings. The molecule has 0 radical (unpaired) electrons. The summed E-state index contributed by atoms with van der Waals surface area (Å²) in [5.74, 6) is -1.27. The van der Waals surface area contributed by atoms with Crippen LogP contribution in [0.25, 0.3) is 0 Å². The highest BCUT2D eigenvalue weighted by molar-refractivity contribution is 7.09. The molecule has 1 aromatic carbocycles. The molecule has 0 spiro atoms. The van der Waals surface area contributed by atoms with Crippen molar-refractivity contribution < 1.29 is 14.7 Å². The summed E-state index contributed by atoms with van der Waals surface area (Å²) in [5.41, 5.74) is 3.54. The highest BCUT2D eigenvalue weighted by atomic mass is 32.1. The van der Waals surface area contributed by atoms with Crippen LogP contribution in [0, 0.1) is 6.92 Å². The van der Waals surface area contributed by atoms with Crippen LogP contribution in [-0.2, 0) is 16.1 Å². The van der Waals surface area contributed by atoms with Crippen LogP contribution in [0.2, 0.25) is 0 Å². The molecule has 2 aromatic rings. The Balaban J connectivity index is 1.80. The van der Waals surface area contributed by atoms with E-state index in [2.05, 4.69) is 10.1 Å². The van der Waals surface area contributed by atoms with Crippen molar-refractivity contribution in [3.05, 3.63) is 46.4 Å². The predicted octanol–water partition coefficient (Wildman–Crippen LogP) is 2.13. The molecule has 3 rings (SSSR count). The third-order valence-electron chi connectivity index (χ3n) is 4.04. The number of amides is 1. The Labute approximate surface area is 149 Å². The van der Waals surface area contributed by atoms with E-state index in [4.69, 9.17) is 0 Å². The van der Waals surface area contributed by atoms with Gasteiger partial charge in [0.25, 0.3) is 5.91 Å². The van der Waals surface area contributed by atoms with Gasteiger partial charge in [-0.3, -0.25) is 9.80 Å². The van der Waals surface area contributed by atoms with Crippen molar-refractivity contribution in [1.29, 1.82) is 0 Å². The van der Waals surface area contributed by atoms with E-state index in [1.165, 1.54) is 16.3 Å². The van der Waals surface area contributed by atoms with Crippen LogP contribution in [0.3, 0.4) is 0 Å². The van der Waals surface area contributed by atoms with Crippen LogP contribution in [0.1, 0.15) is 17.0 Å². The molecule has 1 aliphatic heterocycles. The first-order chi connectivity index (χ1) is 12.0. The predicted molar refractivity (Wildman–Crippen MR) is 95.7 cm³/mol. The van der Waals surface area contributed by atoms with Crippen LogP contribution in [0.15, 0.2) is 40.9 Å². The molecular formula is C17H18N4O3S. The van der Waals surface area contributed by atoms with Gasteiger partial charge < -0.3 is 10.0 Å². The zero-order chi connectivity index (χ0) is 18.0. The minimum Gasteiger partial charge on any atom is -0.480 e. The number of nitrogens with zero attached hydrogens (tertiary/aromatic N) is 4. The normalized spacial score (nSPS) is 16.6. The molecule has 1 N–H and O–H groups in total. The van der Waals surface area contributed by atoms with Crippen LogP contribution in [0.5, 0.6) is 0 Å². The molecule has 2 heterocycles. The lowest BCUT2D eigenvalue weighted by Crippen LogP contribution is -2.35. The fourth-order valence-electron chi connectivity index (χ4n) is 2.64. The molecule has 7 nitrogen and oxygen atoms in total. The summed E-state index contributed by atoms with van der Waals surface area (Å²) in [6, 6.07) is 8.13. The Kier molecular flexibility index (Phi) is 4.80. The first-order valence-electron chi connectivity index (χ1n) is 7.76. The maximum absolute atomic E-state index is 12.7. The van der Waals surface area contributed by atoms with E-state index in [0.717, 1.165) is 10.6 Å². The molecule has 1 unspecified atom stereocenters. The van der Waals surface area contributed by atoms with Crippen LogP contribution >= 0.6 is 11.3 Å². The molecular weight excluding hydrogens is 340 g/mol. The number of para-hydroxylation sites is 1. The minimum absolute atomic E-state index is 0.0784. The van der Waals surface area contributed by atoms with Crippen molar-refractivity contribution in [3.63, 3.8) is 0 Å². The molecule has 0 saturated carbocycles.